The van der Waals surface area contributed by atoms with Crippen LogP contribution in [0.3, 0.4) is 0 Å². The summed E-state index contributed by atoms with van der Waals surface area (Å²) in [5.41, 5.74) is 2.80. The molecule has 3 rings (SSSR count). The van der Waals surface area contributed by atoms with Crippen LogP contribution in [-0.4, -0.2) is 12.9 Å². The van der Waals surface area contributed by atoms with Crippen molar-refractivity contribution < 1.29 is 9.47 Å². The zero-order chi connectivity index (χ0) is 9.54. The molecule has 0 bridgehead atoms. The van der Waals surface area contributed by atoms with Gasteiger partial charge in [0.15, 0.2) is 6.29 Å². The molecular weight excluding hydrogens is 176 g/mol. The highest BCUT2D eigenvalue weighted by Gasteiger charge is 2.37. The summed E-state index contributed by atoms with van der Waals surface area (Å²) < 4.78 is 11.3. The van der Waals surface area contributed by atoms with Crippen molar-refractivity contribution in [2.24, 2.45) is 5.92 Å². The Morgan fingerprint density at radius 1 is 1.29 bits per heavy atom. The summed E-state index contributed by atoms with van der Waals surface area (Å²) in [4.78, 5) is 0. The second-order valence-corrected chi connectivity index (χ2v) is 4.12. The quantitative estimate of drug-likeness (QED) is 0.625. The minimum atomic E-state index is -0.0533. The van der Waals surface area contributed by atoms with E-state index in [0.29, 0.717) is 5.92 Å². The van der Waals surface area contributed by atoms with E-state index in [1.54, 1.807) is 0 Å². The van der Waals surface area contributed by atoms with Gasteiger partial charge in [-0.05, 0) is 24.5 Å². The molecule has 0 amide bonds. The zero-order valence-corrected chi connectivity index (χ0v) is 8.27. The van der Waals surface area contributed by atoms with Crippen molar-refractivity contribution in [2.75, 3.05) is 6.61 Å². The Balaban J connectivity index is 1.97. The van der Waals surface area contributed by atoms with Crippen LogP contribution in [0.2, 0.25) is 0 Å². The Morgan fingerprint density at radius 3 is 3.07 bits per heavy atom. The molecule has 2 nitrogen and oxygen atoms in total. The van der Waals surface area contributed by atoms with E-state index in [1.807, 2.05) is 6.92 Å². The maximum absolute atomic E-state index is 5.81. The standard InChI is InChI=1S/C12H14O2/c1-8-13-7-10-6-9-4-2-3-5-11(9)12(10)14-8/h2-5,8,10,12H,6-7H2,1H3/t8-,10-,12+/m0/s1. The summed E-state index contributed by atoms with van der Waals surface area (Å²) in [6.45, 7) is 2.80. The van der Waals surface area contributed by atoms with Crippen LogP contribution in [0.5, 0.6) is 0 Å². The predicted octanol–water partition coefficient (Wildman–Crippen LogP) is 2.29. The number of rotatable bonds is 0. The molecule has 0 radical (unpaired) electrons. The van der Waals surface area contributed by atoms with Gasteiger partial charge in [-0.25, -0.2) is 0 Å². The highest BCUT2D eigenvalue weighted by molar-refractivity contribution is 5.35. The summed E-state index contributed by atoms with van der Waals surface area (Å²) in [5.74, 6) is 0.531. The minimum Gasteiger partial charge on any atom is -0.353 e. The van der Waals surface area contributed by atoms with Gasteiger partial charge >= 0.3 is 0 Å². The summed E-state index contributed by atoms with van der Waals surface area (Å²) in [6, 6.07) is 8.56. The van der Waals surface area contributed by atoms with Gasteiger partial charge in [-0.2, -0.15) is 0 Å². The lowest BCUT2D eigenvalue weighted by molar-refractivity contribution is -0.225. The van der Waals surface area contributed by atoms with Gasteiger partial charge in [0.2, 0.25) is 0 Å². The van der Waals surface area contributed by atoms with Crippen LogP contribution in [0.25, 0.3) is 0 Å². The third kappa shape index (κ3) is 1.18. The highest BCUT2D eigenvalue weighted by Crippen LogP contribution is 2.41. The SMILES string of the molecule is C[C@H]1OC[C@@H]2Cc3ccccc3[C@@H]2O1. The maximum atomic E-state index is 5.81. The Hall–Kier alpha value is -0.860. The molecule has 0 spiro atoms. The lowest BCUT2D eigenvalue weighted by atomic mass is 10.0. The topological polar surface area (TPSA) is 18.5 Å². The first-order valence-electron chi connectivity index (χ1n) is 5.19. The molecule has 0 saturated carbocycles. The van der Waals surface area contributed by atoms with E-state index < -0.39 is 0 Å². The molecular formula is C12H14O2. The second kappa shape index (κ2) is 3.07. The molecule has 14 heavy (non-hydrogen) atoms. The number of hydrogen-bond donors (Lipinski definition) is 0. The maximum Gasteiger partial charge on any atom is 0.155 e. The van der Waals surface area contributed by atoms with Crippen molar-refractivity contribution in [3.63, 3.8) is 0 Å². The smallest absolute Gasteiger partial charge is 0.155 e. The molecule has 1 aromatic rings. The molecule has 1 aliphatic carbocycles. The molecule has 0 aromatic heterocycles. The monoisotopic (exact) mass is 190 g/mol. The fraction of sp³-hybridized carbons (Fsp3) is 0.500. The normalized spacial score (nSPS) is 35.1. The van der Waals surface area contributed by atoms with Gasteiger partial charge in [0.05, 0.1) is 12.7 Å². The van der Waals surface area contributed by atoms with Crippen LogP contribution in [0, 0.1) is 5.92 Å². The second-order valence-electron chi connectivity index (χ2n) is 4.12. The van der Waals surface area contributed by atoms with Crippen molar-refractivity contribution >= 4 is 0 Å². The van der Waals surface area contributed by atoms with Crippen molar-refractivity contribution in [2.45, 2.75) is 25.7 Å². The molecule has 1 aromatic carbocycles. The van der Waals surface area contributed by atoms with Gasteiger partial charge in [0, 0.05) is 5.92 Å². The first kappa shape index (κ1) is 8.45. The average molecular weight is 190 g/mol. The minimum absolute atomic E-state index is 0.0533. The van der Waals surface area contributed by atoms with Gasteiger partial charge in [-0.15, -0.1) is 0 Å². The number of ether oxygens (including phenoxy) is 2. The van der Waals surface area contributed by atoms with Crippen molar-refractivity contribution in [1.82, 2.24) is 0 Å². The Bertz CT molecular complexity index is 348. The van der Waals surface area contributed by atoms with Crippen molar-refractivity contribution in [1.29, 1.82) is 0 Å². The van der Waals surface area contributed by atoms with Crippen molar-refractivity contribution in [3.05, 3.63) is 35.4 Å². The lowest BCUT2D eigenvalue weighted by Gasteiger charge is -2.31. The van der Waals surface area contributed by atoms with E-state index in [9.17, 15) is 0 Å². The molecule has 0 N–H and O–H groups in total. The van der Waals surface area contributed by atoms with E-state index in [2.05, 4.69) is 24.3 Å². The largest absolute Gasteiger partial charge is 0.353 e. The Morgan fingerprint density at radius 2 is 2.14 bits per heavy atom. The van der Waals surface area contributed by atoms with Crippen LogP contribution < -0.4 is 0 Å². The van der Waals surface area contributed by atoms with Crippen LogP contribution >= 0.6 is 0 Å². The van der Waals surface area contributed by atoms with Crippen molar-refractivity contribution in [3.8, 4) is 0 Å². The van der Waals surface area contributed by atoms with E-state index >= 15 is 0 Å². The Kier molecular flexibility index (Phi) is 1.85. The van der Waals surface area contributed by atoms with E-state index in [4.69, 9.17) is 9.47 Å². The van der Waals surface area contributed by atoms with Crippen LogP contribution in [0.1, 0.15) is 24.2 Å². The summed E-state index contributed by atoms with van der Waals surface area (Å²) in [6.07, 6.45) is 1.32. The summed E-state index contributed by atoms with van der Waals surface area (Å²) in [5, 5.41) is 0. The van der Waals surface area contributed by atoms with Gasteiger partial charge in [-0.1, -0.05) is 24.3 Å². The number of benzene rings is 1. The first-order chi connectivity index (χ1) is 6.84. The first-order valence-corrected chi connectivity index (χ1v) is 5.19. The molecule has 0 unspecified atom stereocenters. The van der Waals surface area contributed by atoms with E-state index in [1.165, 1.54) is 11.1 Å². The van der Waals surface area contributed by atoms with Gasteiger partial charge < -0.3 is 9.47 Å². The molecule has 3 atom stereocenters. The van der Waals surface area contributed by atoms with Gasteiger partial charge in [0.1, 0.15) is 0 Å². The van der Waals surface area contributed by atoms with Gasteiger partial charge in [0.25, 0.3) is 0 Å². The molecule has 1 fully saturated rings. The van der Waals surface area contributed by atoms with Crippen LogP contribution in [0.15, 0.2) is 24.3 Å². The third-order valence-corrected chi connectivity index (χ3v) is 3.16. The van der Waals surface area contributed by atoms with E-state index in [-0.39, 0.29) is 12.4 Å². The Labute approximate surface area is 83.8 Å². The fourth-order valence-electron chi connectivity index (χ4n) is 2.48. The summed E-state index contributed by atoms with van der Waals surface area (Å²) >= 11 is 0. The molecule has 2 heteroatoms. The molecule has 2 aliphatic rings. The molecule has 1 heterocycles. The molecule has 1 saturated heterocycles. The van der Waals surface area contributed by atoms with E-state index in [0.717, 1.165) is 13.0 Å². The lowest BCUT2D eigenvalue weighted by Crippen LogP contribution is -2.30. The fourth-order valence-corrected chi connectivity index (χ4v) is 2.48. The third-order valence-electron chi connectivity index (χ3n) is 3.16. The number of fused-ring (bicyclic) bond motifs is 3. The number of hydrogen-bond acceptors (Lipinski definition) is 2. The average Bonchev–Trinajstić information content (AvgIpc) is 2.56. The molecule has 1 aliphatic heterocycles. The summed E-state index contributed by atoms with van der Waals surface area (Å²) in [7, 11) is 0. The highest BCUT2D eigenvalue weighted by atomic mass is 16.7. The predicted molar refractivity (Wildman–Crippen MR) is 52.9 cm³/mol. The van der Waals surface area contributed by atoms with Crippen LogP contribution in [0.4, 0.5) is 0 Å². The van der Waals surface area contributed by atoms with Gasteiger partial charge in [-0.3, -0.25) is 0 Å². The van der Waals surface area contributed by atoms with Crippen LogP contribution in [-0.2, 0) is 15.9 Å². The molecule has 74 valence electrons. The zero-order valence-electron chi connectivity index (χ0n) is 8.27.